The summed E-state index contributed by atoms with van der Waals surface area (Å²) in [6.45, 7) is 2.87. The number of amides is 1. The molecule has 0 radical (unpaired) electrons. The Labute approximate surface area is 119 Å². The lowest BCUT2D eigenvalue weighted by atomic mass is 10.0. The molecular formula is C17H21NO2. The first-order valence-corrected chi connectivity index (χ1v) is 7.07. The number of unbranched alkanes of at least 4 members (excludes halogenated alkanes) is 1. The summed E-state index contributed by atoms with van der Waals surface area (Å²) < 4.78 is 5.26. The minimum absolute atomic E-state index is 0.0776. The zero-order valence-electron chi connectivity index (χ0n) is 12.1. The summed E-state index contributed by atoms with van der Waals surface area (Å²) in [6, 6.07) is 12.0. The highest BCUT2D eigenvalue weighted by Gasteiger charge is 2.07. The molecule has 2 aromatic carbocycles. The van der Waals surface area contributed by atoms with Gasteiger partial charge >= 0.3 is 0 Å². The molecule has 1 amide bonds. The second-order valence-electron chi connectivity index (χ2n) is 4.88. The normalized spacial score (nSPS) is 10.5. The summed E-state index contributed by atoms with van der Waals surface area (Å²) >= 11 is 0. The molecule has 0 aliphatic rings. The largest absolute Gasteiger partial charge is 0.497 e. The second-order valence-corrected chi connectivity index (χ2v) is 4.88. The van der Waals surface area contributed by atoms with Crippen molar-refractivity contribution in [3.05, 3.63) is 42.0 Å². The van der Waals surface area contributed by atoms with Crippen molar-refractivity contribution in [3.63, 3.8) is 0 Å². The van der Waals surface area contributed by atoms with Crippen LogP contribution in [0.3, 0.4) is 0 Å². The van der Waals surface area contributed by atoms with Gasteiger partial charge in [0.2, 0.25) is 5.91 Å². The van der Waals surface area contributed by atoms with E-state index in [2.05, 4.69) is 12.2 Å². The van der Waals surface area contributed by atoms with Crippen LogP contribution in [0.1, 0.15) is 25.3 Å². The summed E-state index contributed by atoms with van der Waals surface area (Å²) in [7, 11) is 1.65. The van der Waals surface area contributed by atoms with Gasteiger partial charge in [-0.2, -0.15) is 0 Å². The fourth-order valence-electron chi connectivity index (χ4n) is 2.24. The lowest BCUT2D eigenvalue weighted by Crippen LogP contribution is -2.26. The van der Waals surface area contributed by atoms with Crippen molar-refractivity contribution in [2.75, 3.05) is 13.7 Å². The second kappa shape index (κ2) is 6.94. The Morgan fingerprint density at radius 2 is 2.10 bits per heavy atom. The van der Waals surface area contributed by atoms with Crippen LogP contribution in [0.25, 0.3) is 10.8 Å². The first-order chi connectivity index (χ1) is 9.74. The van der Waals surface area contributed by atoms with Crippen molar-refractivity contribution < 1.29 is 9.53 Å². The number of carbonyl (C=O) groups is 1. The topological polar surface area (TPSA) is 38.3 Å². The Bertz CT molecular complexity index is 593. The molecular weight excluding hydrogens is 250 g/mol. The maximum absolute atomic E-state index is 11.9. The predicted octanol–water partition coefficient (Wildman–Crippen LogP) is 3.31. The highest BCUT2D eigenvalue weighted by atomic mass is 16.5. The number of methoxy groups -OCH3 is 1. The molecule has 0 aromatic heterocycles. The first kappa shape index (κ1) is 14.4. The SMILES string of the molecule is CCCCNC(=O)Cc1cccc2ccc(OC)cc12. The summed E-state index contributed by atoms with van der Waals surface area (Å²) in [5, 5.41) is 5.17. The molecule has 20 heavy (non-hydrogen) atoms. The maximum atomic E-state index is 11.9. The van der Waals surface area contributed by atoms with Crippen LogP contribution in [0.5, 0.6) is 5.75 Å². The average Bonchev–Trinajstić information content (AvgIpc) is 2.47. The van der Waals surface area contributed by atoms with Crippen molar-refractivity contribution in [2.45, 2.75) is 26.2 Å². The van der Waals surface area contributed by atoms with E-state index in [1.807, 2.05) is 36.4 Å². The van der Waals surface area contributed by atoms with Crippen molar-refractivity contribution in [3.8, 4) is 5.75 Å². The minimum atomic E-state index is 0.0776. The maximum Gasteiger partial charge on any atom is 0.224 e. The summed E-state index contributed by atoms with van der Waals surface area (Å²) in [6.07, 6.45) is 2.52. The number of benzene rings is 2. The summed E-state index contributed by atoms with van der Waals surface area (Å²) in [5.74, 6) is 0.894. The van der Waals surface area contributed by atoms with Crippen molar-refractivity contribution in [1.29, 1.82) is 0 Å². The Morgan fingerprint density at radius 3 is 2.85 bits per heavy atom. The third-order valence-corrected chi connectivity index (χ3v) is 3.38. The van der Waals surface area contributed by atoms with E-state index in [4.69, 9.17) is 4.74 Å². The van der Waals surface area contributed by atoms with Gasteiger partial charge in [0.25, 0.3) is 0 Å². The van der Waals surface area contributed by atoms with Gasteiger partial charge in [0.15, 0.2) is 0 Å². The smallest absolute Gasteiger partial charge is 0.224 e. The van der Waals surface area contributed by atoms with Crippen LogP contribution < -0.4 is 10.1 Å². The summed E-state index contributed by atoms with van der Waals surface area (Å²) in [5.41, 5.74) is 1.04. The van der Waals surface area contributed by atoms with Crippen LogP contribution in [0.2, 0.25) is 0 Å². The Morgan fingerprint density at radius 1 is 1.25 bits per heavy atom. The number of ether oxygens (including phenoxy) is 1. The first-order valence-electron chi connectivity index (χ1n) is 7.07. The number of rotatable bonds is 6. The lowest BCUT2D eigenvalue weighted by Gasteiger charge is -2.09. The van der Waals surface area contributed by atoms with E-state index < -0.39 is 0 Å². The molecule has 1 N–H and O–H groups in total. The van der Waals surface area contributed by atoms with Gasteiger partial charge in [0.1, 0.15) is 5.75 Å². The van der Waals surface area contributed by atoms with Gasteiger partial charge < -0.3 is 10.1 Å². The number of carbonyl (C=O) groups excluding carboxylic acids is 1. The van der Waals surface area contributed by atoms with Crippen LogP contribution in [0.15, 0.2) is 36.4 Å². The Kier molecular flexibility index (Phi) is 4.99. The quantitative estimate of drug-likeness (QED) is 0.819. The lowest BCUT2D eigenvalue weighted by molar-refractivity contribution is -0.120. The molecule has 3 nitrogen and oxygen atoms in total. The van der Waals surface area contributed by atoms with Crippen LogP contribution in [-0.4, -0.2) is 19.6 Å². The highest BCUT2D eigenvalue weighted by molar-refractivity contribution is 5.91. The predicted molar refractivity (Wildman–Crippen MR) is 82.1 cm³/mol. The molecule has 0 bridgehead atoms. The van der Waals surface area contributed by atoms with Crippen molar-refractivity contribution in [1.82, 2.24) is 5.32 Å². The molecule has 0 saturated heterocycles. The summed E-state index contributed by atoms with van der Waals surface area (Å²) in [4.78, 5) is 11.9. The van der Waals surface area contributed by atoms with E-state index in [0.717, 1.165) is 41.5 Å². The van der Waals surface area contributed by atoms with Crippen molar-refractivity contribution in [2.24, 2.45) is 0 Å². The van der Waals surface area contributed by atoms with Crippen LogP contribution in [-0.2, 0) is 11.2 Å². The molecule has 0 saturated carbocycles. The molecule has 3 heteroatoms. The fraction of sp³-hybridized carbons (Fsp3) is 0.353. The zero-order valence-corrected chi connectivity index (χ0v) is 12.1. The fourth-order valence-corrected chi connectivity index (χ4v) is 2.24. The van der Waals surface area contributed by atoms with Gasteiger partial charge in [-0.15, -0.1) is 0 Å². The number of nitrogens with one attached hydrogen (secondary N) is 1. The monoisotopic (exact) mass is 271 g/mol. The molecule has 0 aliphatic carbocycles. The molecule has 0 atom stereocenters. The Hall–Kier alpha value is -2.03. The van der Waals surface area contributed by atoms with E-state index in [1.165, 1.54) is 0 Å². The highest BCUT2D eigenvalue weighted by Crippen LogP contribution is 2.24. The van der Waals surface area contributed by atoms with Gasteiger partial charge in [0.05, 0.1) is 13.5 Å². The molecule has 2 rings (SSSR count). The molecule has 0 heterocycles. The van der Waals surface area contributed by atoms with E-state index >= 15 is 0 Å². The van der Waals surface area contributed by atoms with E-state index in [-0.39, 0.29) is 5.91 Å². The third-order valence-electron chi connectivity index (χ3n) is 3.38. The minimum Gasteiger partial charge on any atom is -0.497 e. The standard InChI is InChI=1S/C17H21NO2/c1-3-4-10-18-17(19)11-14-7-5-6-13-8-9-15(20-2)12-16(13)14/h5-9,12H,3-4,10-11H2,1-2H3,(H,18,19). The van der Waals surface area contributed by atoms with Gasteiger partial charge in [-0.1, -0.05) is 37.6 Å². The van der Waals surface area contributed by atoms with Crippen molar-refractivity contribution >= 4 is 16.7 Å². The number of fused-ring (bicyclic) bond motifs is 1. The van der Waals surface area contributed by atoms with Gasteiger partial charge in [-0.05, 0) is 34.9 Å². The van der Waals surface area contributed by atoms with Crippen LogP contribution in [0.4, 0.5) is 0 Å². The molecule has 0 spiro atoms. The molecule has 0 fully saturated rings. The third kappa shape index (κ3) is 3.50. The van der Waals surface area contributed by atoms with E-state index in [0.29, 0.717) is 6.42 Å². The van der Waals surface area contributed by atoms with Gasteiger partial charge in [-0.3, -0.25) is 4.79 Å². The van der Waals surface area contributed by atoms with Gasteiger partial charge in [-0.25, -0.2) is 0 Å². The molecule has 2 aromatic rings. The molecule has 0 unspecified atom stereocenters. The van der Waals surface area contributed by atoms with E-state index in [9.17, 15) is 4.79 Å². The molecule has 106 valence electrons. The zero-order chi connectivity index (χ0) is 14.4. The Balaban J connectivity index is 2.18. The average molecular weight is 271 g/mol. The van der Waals surface area contributed by atoms with Crippen LogP contribution in [0, 0.1) is 0 Å². The van der Waals surface area contributed by atoms with Gasteiger partial charge in [0, 0.05) is 6.54 Å². The molecule has 0 aliphatic heterocycles. The number of hydrogen-bond donors (Lipinski definition) is 1. The van der Waals surface area contributed by atoms with Crippen LogP contribution >= 0.6 is 0 Å². The van der Waals surface area contributed by atoms with E-state index in [1.54, 1.807) is 7.11 Å². The number of hydrogen-bond acceptors (Lipinski definition) is 2.